The summed E-state index contributed by atoms with van der Waals surface area (Å²) in [5.41, 5.74) is 1.58. The van der Waals surface area contributed by atoms with Crippen LogP contribution in [0, 0.1) is 0 Å². The quantitative estimate of drug-likeness (QED) is 0.668. The van der Waals surface area contributed by atoms with Gasteiger partial charge in [0.2, 0.25) is 0 Å². The molecular weight excluding hydrogens is 364 g/mol. The maximum atomic E-state index is 12.4. The third kappa shape index (κ3) is 4.65. The van der Waals surface area contributed by atoms with Gasteiger partial charge < -0.3 is 10.1 Å². The number of carbonyl (C=O) groups excluding carboxylic acids is 1. The van der Waals surface area contributed by atoms with Gasteiger partial charge >= 0.3 is 0 Å². The van der Waals surface area contributed by atoms with E-state index in [1.165, 1.54) is 0 Å². The minimum Gasteiger partial charge on any atom is -0.481 e. The maximum Gasteiger partial charge on any atom is 0.263 e. The molecule has 0 fully saturated rings. The van der Waals surface area contributed by atoms with Crippen LogP contribution < -0.4 is 10.1 Å². The van der Waals surface area contributed by atoms with Crippen molar-refractivity contribution in [3.05, 3.63) is 65.6 Å². The lowest BCUT2D eigenvalue weighted by Crippen LogP contribution is -2.22. The molecule has 2 aromatic heterocycles. The van der Waals surface area contributed by atoms with Crippen LogP contribution in [-0.4, -0.2) is 27.3 Å². The van der Waals surface area contributed by atoms with Gasteiger partial charge in [0.15, 0.2) is 17.5 Å². The first-order valence-corrected chi connectivity index (χ1v) is 8.91. The molecule has 0 bridgehead atoms. The average molecular weight is 385 g/mol. The lowest BCUT2D eigenvalue weighted by atomic mass is 9.92. The lowest BCUT2D eigenvalue weighted by Gasteiger charge is -2.14. The zero-order chi connectivity index (χ0) is 19.4. The van der Waals surface area contributed by atoms with E-state index >= 15 is 0 Å². The van der Waals surface area contributed by atoms with Gasteiger partial charge in [-0.05, 0) is 24.3 Å². The van der Waals surface area contributed by atoms with Crippen LogP contribution in [0.5, 0.6) is 5.75 Å². The van der Waals surface area contributed by atoms with Crippen molar-refractivity contribution in [2.75, 3.05) is 11.9 Å². The predicted octanol–water partition coefficient (Wildman–Crippen LogP) is 4.24. The van der Waals surface area contributed by atoms with Crippen LogP contribution in [0.4, 0.5) is 5.82 Å². The number of amides is 1. The molecule has 0 unspecified atom stereocenters. The second-order valence-corrected chi connectivity index (χ2v) is 7.40. The Hall–Kier alpha value is -2.86. The number of carbonyl (C=O) groups is 1. The Morgan fingerprint density at radius 3 is 2.59 bits per heavy atom. The van der Waals surface area contributed by atoms with E-state index in [0.29, 0.717) is 11.6 Å². The largest absolute Gasteiger partial charge is 0.481 e. The minimum atomic E-state index is -0.313. The van der Waals surface area contributed by atoms with Gasteiger partial charge in [0, 0.05) is 17.7 Å². The number of pyridine rings is 1. The van der Waals surface area contributed by atoms with E-state index in [2.05, 4.69) is 36.2 Å². The highest BCUT2D eigenvalue weighted by atomic mass is 35.5. The van der Waals surface area contributed by atoms with Crippen LogP contribution in [0.3, 0.4) is 0 Å². The van der Waals surface area contributed by atoms with Gasteiger partial charge in [-0.3, -0.25) is 4.79 Å². The summed E-state index contributed by atoms with van der Waals surface area (Å²) in [6.45, 7) is 6.04. The molecule has 7 heteroatoms. The van der Waals surface area contributed by atoms with Crippen LogP contribution in [0.1, 0.15) is 26.5 Å². The van der Waals surface area contributed by atoms with Crippen LogP contribution in [0.25, 0.3) is 5.69 Å². The Balaban J connectivity index is 1.80. The lowest BCUT2D eigenvalue weighted by molar-refractivity contribution is -0.118. The number of hydrogen-bond donors (Lipinski definition) is 1. The topological polar surface area (TPSA) is 69.0 Å². The van der Waals surface area contributed by atoms with Gasteiger partial charge in [0.05, 0.1) is 11.4 Å². The number of nitrogens with zero attached hydrogens (tertiary/aromatic N) is 3. The SMILES string of the molecule is CC(C)(C)c1cc(NC(=O)COc2cccnc2Cl)n(-c2ccccc2)n1. The molecule has 140 valence electrons. The summed E-state index contributed by atoms with van der Waals surface area (Å²) in [6, 6.07) is 14.9. The van der Waals surface area contributed by atoms with Gasteiger partial charge in [-0.1, -0.05) is 50.6 Å². The summed E-state index contributed by atoms with van der Waals surface area (Å²) in [5, 5.41) is 7.75. The van der Waals surface area contributed by atoms with Crippen molar-refractivity contribution in [2.24, 2.45) is 0 Å². The molecule has 1 aromatic carbocycles. The van der Waals surface area contributed by atoms with Gasteiger partial charge in [0.25, 0.3) is 5.91 Å². The highest BCUT2D eigenvalue weighted by molar-refractivity contribution is 6.30. The van der Waals surface area contributed by atoms with E-state index in [1.54, 1.807) is 23.0 Å². The summed E-state index contributed by atoms with van der Waals surface area (Å²) in [7, 11) is 0. The third-order valence-corrected chi connectivity index (χ3v) is 4.11. The van der Waals surface area contributed by atoms with Crippen molar-refractivity contribution >= 4 is 23.3 Å². The summed E-state index contributed by atoms with van der Waals surface area (Å²) < 4.78 is 7.17. The summed E-state index contributed by atoms with van der Waals surface area (Å²) >= 11 is 5.94. The normalized spacial score (nSPS) is 11.3. The van der Waals surface area contributed by atoms with Gasteiger partial charge in [-0.15, -0.1) is 0 Å². The Bertz CT molecular complexity index is 933. The Labute approximate surface area is 163 Å². The molecular formula is C20H21ClN4O2. The number of halogens is 1. The van der Waals surface area contributed by atoms with Crippen molar-refractivity contribution < 1.29 is 9.53 Å². The van der Waals surface area contributed by atoms with Crippen molar-refractivity contribution in [1.29, 1.82) is 0 Å². The summed E-state index contributed by atoms with van der Waals surface area (Å²) in [5.74, 6) is 0.630. The Morgan fingerprint density at radius 1 is 1.19 bits per heavy atom. The zero-order valence-electron chi connectivity index (χ0n) is 15.4. The predicted molar refractivity (Wildman–Crippen MR) is 106 cm³/mol. The fourth-order valence-corrected chi connectivity index (χ4v) is 2.58. The number of nitrogens with one attached hydrogen (secondary N) is 1. The second kappa shape index (κ2) is 7.80. The molecule has 0 spiro atoms. The van der Waals surface area contributed by atoms with Crippen molar-refractivity contribution in [3.8, 4) is 11.4 Å². The van der Waals surface area contributed by atoms with Crippen molar-refractivity contribution in [1.82, 2.24) is 14.8 Å². The molecule has 6 nitrogen and oxygen atoms in total. The molecule has 3 rings (SSSR count). The third-order valence-electron chi connectivity index (χ3n) is 3.83. The van der Waals surface area contributed by atoms with Gasteiger partial charge in [-0.25, -0.2) is 9.67 Å². The van der Waals surface area contributed by atoms with Gasteiger partial charge in [-0.2, -0.15) is 5.10 Å². The average Bonchev–Trinajstić information content (AvgIpc) is 3.06. The highest BCUT2D eigenvalue weighted by Crippen LogP contribution is 2.26. The fraction of sp³-hybridized carbons (Fsp3) is 0.250. The number of aromatic nitrogens is 3. The Morgan fingerprint density at radius 2 is 1.93 bits per heavy atom. The molecule has 27 heavy (non-hydrogen) atoms. The molecule has 0 saturated heterocycles. The molecule has 3 aromatic rings. The molecule has 0 aliphatic rings. The molecule has 1 N–H and O–H groups in total. The van der Waals surface area contributed by atoms with Crippen LogP contribution in [-0.2, 0) is 10.2 Å². The first kappa shape index (κ1) is 18.9. The van der Waals surface area contributed by atoms with E-state index in [-0.39, 0.29) is 23.1 Å². The van der Waals surface area contributed by atoms with Crippen LogP contribution >= 0.6 is 11.6 Å². The first-order valence-electron chi connectivity index (χ1n) is 8.54. The Kier molecular flexibility index (Phi) is 5.46. The number of hydrogen-bond acceptors (Lipinski definition) is 4. The fourth-order valence-electron chi connectivity index (χ4n) is 2.40. The maximum absolute atomic E-state index is 12.4. The molecule has 0 saturated carbocycles. The summed E-state index contributed by atoms with van der Waals surface area (Å²) in [6.07, 6.45) is 1.56. The number of para-hydroxylation sites is 1. The van der Waals surface area contributed by atoms with E-state index in [0.717, 1.165) is 11.4 Å². The molecule has 0 radical (unpaired) electrons. The second-order valence-electron chi connectivity index (χ2n) is 7.04. The highest BCUT2D eigenvalue weighted by Gasteiger charge is 2.21. The van der Waals surface area contributed by atoms with Gasteiger partial charge in [0.1, 0.15) is 5.82 Å². The number of ether oxygens (including phenoxy) is 1. The smallest absolute Gasteiger partial charge is 0.263 e. The zero-order valence-corrected chi connectivity index (χ0v) is 16.2. The van der Waals surface area contributed by atoms with Crippen molar-refractivity contribution in [3.63, 3.8) is 0 Å². The summed E-state index contributed by atoms with van der Waals surface area (Å²) in [4.78, 5) is 16.3. The molecule has 2 heterocycles. The first-order chi connectivity index (χ1) is 12.8. The van der Waals surface area contributed by atoms with Crippen molar-refractivity contribution in [2.45, 2.75) is 26.2 Å². The standard InChI is InChI=1S/C20H21ClN4O2/c1-20(2,3)16-12-17(25(24-16)14-8-5-4-6-9-14)23-18(26)13-27-15-10-7-11-22-19(15)21/h4-12H,13H2,1-3H3,(H,23,26). The molecule has 0 aliphatic heterocycles. The minimum absolute atomic E-state index is 0.154. The molecule has 0 aliphatic carbocycles. The number of anilines is 1. The number of benzene rings is 1. The molecule has 1 amide bonds. The van der Waals surface area contributed by atoms with Crippen LogP contribution in [0.2, 0.25) is 5.15 Å². The molecule has 0 atom stereocenters. The van der Waals surface area contributed by atoms with E-state index < -0.39 is 0 Å². The van der Waals surface area contributed by atoms with E-state index in [9.17, 15) is 4.79 Å². The number of rotatable bonds is 5. The van der Waals surface area contributed by atoms with Crippen LogP contribution in [0.15, 0.2) is 54.7 Å². The van der Waals surface area contributed by atoms with E-state index in [4.69, 9.17) is 16.3 Å². The van der Waals surface area contributed by atoms with E-state index in [1.807, 2.05) is 36.4 Å². The monoisotopic (exact) mass is 384 g/mol.